The number of rotatable bonds is 5. The largest absolute Gasteiger partial charge is 0.469 e. The summed E-state index contributed by atoms with van der Waals surface area (Å²) in [6.45, 7) is 9.90. The van der Waals surface area contributed by atoms with Crippen LogP contribution < -0.4 is 0 Å². The first-order chi connectivity index (χ1) is 6.69. The molecule has 0 bridgehead atoms. The predicted molar refractivity (Wildman–Crippen MR) is 60.5 cm³/mol. The van der Waals surface area contributed by atoms with Crippen LogP contribution in [0.5, 0.6) is 0 Å². The summed E-state index contributed by atoms with van der Waals surface area (Å²) in [5, 5.41) is 9.95. The third-order valence-electron chi connectivity index (χ3n) is 3.78. The van der Waals surface area contributed by atoms with E-state index in [0.717, 1.165) is 0 Å². The molecule has 0 aromatic heterocycles. The Morgan fingerprint density at radius 1 is 1.33 bits per heavy atom. The number of aliphatic hydroxyl groups excluding tert-OH is 1. The lowest BCUT2D eigenvalue weighted by atomic mass is 9.62. The van der Waals surface area contributed by atoms with Crippen molar-refractivity contribution in [1.29, 1.82) is 0 Å². The second kappa shape index (κ2) is 4.97. The molecular weight excluding hydrogens is 192 g/mol. The van der Waals surface area contributed by atoms with Gasteiger partial charge in [-0.3, -0.25) is 4.79 Å². The summed E-state index contributed by atoms with van der Waals surface area (Å²) in [6.07, 6.45) is 0.614. The van der Waals surface area contributed by atoms with Gasteiger partial charge in [0.05, 0.1) is 19.6 Å². The van der Waals surface area contributed by atoms with Crippen molar-refractivity contribution in [1.82, 2.24) is 0 Å². The maximum atomic E-state index is 11.3. The van der Waals surface area contributed by atoms with Crippen molar-refractivity contribution in [2.45, 2.75) is 53.6 Å². The van der Waals surface area contributed by atoms with Crippen LogP contribution in [-0.4, -0.2) is 24.3 Å². The molecule has 0 saturated carbocycles. The van der Waals surface area contributed by atoms with Gasteiger partial charge in [-0.15, -0.1) is 0 Å². The summed E-state index contributed by atoms with van der Waals surface area (Å²) in [6, 6.07) is 0. The van der Waals surface area contributed by atoms with Crippen molar-refractivity contribution in [2.75, 3.05) is 7.11 Å². The van der Waals surface area contributed by atoms with Crippen molar-refractivity contribution in [3.8, 4) is 0 Å². The molecule has 0 radical (unpaired) electrons. The fraction of sp³-hybridized carbons (Fsp3) is 0.917. The highest BCUT2D eigenvalue weighted by Gasteiger charge is 2.43. The van der Waals surface area contributed by atoms with Crippen molar-refractivity contribution >= 4 is 5.97 Å². The third-order valence-corrected chi connectivity index (χ3v) is 3.78. The number of esters is 1. The molecule has 90 valence electrons. The summed E-state index contributed by atoms with van der Waals surface area (Å²) in [4.78, 5) is 11.3. The van der Waals surface area contributed by atoms with Crippen LogP contribution >= 0.6 is 0 Å². The van der Waals surface area contributed by atoms with Gasteiger partial charge in [0.15, 0.2) is 0 Å². The maximum Gasteiger partial charge on any atom is 0.306 e. The number of ether oxygens (including phenoxy) is 1. The predicted octanol–water partition coefficient (Wildman–Crippen LogP) is 2.37. The van der Waals surface area contributed by atoms with Gasteiger partial charge in [-0.1, -0.05) is 34.6 Å². The van der Waals surface area contributed by atoms with Gasteiger partial charge in [0, 0.05) is 0 Å². The van der Waals surface area contributed by atoms with E-state index < -0.39 is 6.10 Å². The first-order valence-electron chi connectivity index (χ1n) is 5.44. The van der Waals surface area contributed by atoms with E-state index in [1.807, 2.05) is 34.6 Å². The highest BCUT2D eigenvalue weighted by Crippen LogP contribution is 2.44. The Morgan fingerprint density at radius 2 is 1.80 bits per heavy atom. The molecule has 1 unspecified atom stereocenters. The summed E-state index contributed by atoms with van der Waals surface area (Å²) in [5.41, 5.74) is -0.592. The quantitative estimate of drug-likeness (QED) is 0.718. The molecular formula is C12H24O3. The van der Waals surface area contributed by atoms with Gasteiger partial charge in [0.2, 0.25) is 0 Å². The normalized spacial score (nSPS) is 14.9. The topological polar surface area (TPSA) is 46.5 Å². The van der Waals surface area contributed by atoms with Gasteiger partial charge in [0.1, 0.15) is 0 Å². The van der Waals surface area contributed by atoms with Crippen molar-refractivity contribution < 1.29 is 14.6 Å². The molecule has 3 nitrogen and oxygen atoms in total. The lowest BCUT2D eigenvalue weighted by Crippen LogP contribution is -2.43. The molecule has 15 heavy (non-hydrogen) atoms. The monoisotopic (exact) mass is 216 g/mol. The van der Waals surface area contributed by atoms with E-state index in [2.05, 4.69) is 4.74 Å². The van der Waals surface area contributed by atoms with E-state index in [1.54, 1.807) is 0 Å². The smallest absolute Gasteiger partial charge is 0.306 e. The molecule has 0 aromatic rings. The Bertz CT molecular complexity index is 219. The number of carbonyl (C=O) groups excluding carboxylic acids is 1. The molecule has 0 saturated heterocycles. The molecule has 0 spiro atoms. The molecule has 0 aliphatic rings. The van der Waals surface area contributed by atoms with Crippen LogP contribution in [0.4, 0.5) is 0 Å². The molecule has 1 atom stereocenters. The zero-order valence-electron chi connectivity index (χ0n) is 10.8. The molecule has 0 rings (SSSR count). The standard InChI is InChI=1S/C12H24O3/c1-7-9(13)12(4,5)11(2,3)8-10(14)15-6/h9,13H,7-8H2,1-6H3. The van der Waals surface area contributed by atoms with E-state index in [0.29, 0.717) is 12.8 Å². The average molecular weight is 216 g/mol. The van der Waals surface area contributed by atoms with Crippen LogP contribution in [0.2, 0.25) is 0 Å². The van der Waals surface area contributed by atoms with Crippen molar-refractivity contribution in [2.24, 2.45) is 10.8 Å². The summed E-state index contributed by atoms with van der Waals surface area (Å²) in [7, 11) is 1.39. The zero-order valence-corrected chi connectivity index (χ0v) is 10.8. The van der Waals surface area contributed by atoms with Crippen LogP contribution in [0, 0.1) is 10.8 Å². The molecule has 0 fully saturated rings. The highest BCUT2D eigenvalue weighted by molar-refractivity contribution is 5.70. The van der Waals surface area contributed by atoms with Crippen LogP contribution in [-0.2, 0) is 9.53 Å². The average Bonchev–Trinajstić information content (AvgIpc) is 2.15. The molecule has 0 aliphatic heterocycles. The summed E-state index contributed by atoms with van der Waals surface area (Å²) in [5.74, 6) is -0.226. The third kappa shape index (κ3) is 3.20. The molecule has 1 N–H and O–H groups in total. The lowest BCUT2D eigenvalue weighted by molar-refractivity contribution is -0.147. The fourth-order valence-electron chi connectivity index (χ4n) is 1.62. The van der Waals surface area contributed by atoms with Crippen LogP contribution in [0.25, 0.3) is 0 Å². The lowest BCUT2D eigenvalue weighted by Gasteiger charge is -2.44. The molecule has 0 heterocycles. The molecule has 0 aliphatic carbocycles. The van der Waals surface area contributed by atoms with Crippen molar-refractivity contribution in [3.63, 3.8) is 0 Å². The van der Waals surface area contributed by atoms with E-state index in [4.69, 9.17) is 0 Å². The van der Waals surface area contributed by atoms with E-state index >= 15 is 0 Å². The minimum Gasteiger partial charge on any atom is -0.469 e. The van der Waals surface area contributed by atoms with Gasteiger partial charge in [0.25, 0.3) is 0 Å². The van der Waals surface area contributed by atoms with E-state index in [9.17, 15) is 9.90 Å². The summed E-state index contributed by atoms with van der Waals surface area (Å²) < 4.78 is 4.67. The van der Waals surface area contributed by atoms with Crippen LogP contribution in [0.1, 0.15) is 47.5 Å². The molecule has 0 amide bonds. The van der Waals surface area contributed by atoms with Crippen LogP contribution in [0.3, 0.4) is 0 Å². The highest BCUT2D eigenvalue weighted by atomic mass is 16.5. The summed E-state index contributed by atoms with van der Waals surface area (Å²) >= 11 is 0. The number of aliphatic hydroxyl groups is 1. The molecule has 3 heteroatoms. The Kier molecular flexibility index (Phi) is 4.78. The fourth-order valence-corrected chi connectivity index (χ4v) is 1.62. The second-order valence-corrected chi connectivity index (χ2v) is 5.28. The van der Waals surface area contributed by atoms with Gasteiger partial charge in [-0.2, -0.15) is 0 Å². The Labute approximate surface area is 92.8 Å². The number of hydrogen-bond acceptors (Lipinski definition) is 3. The Hall–Kier alpha value is -0.570. The van der Waals surface area contributed by atoms with E-state index in [-0.39, 0.29) is 16.8 Å². The van der Waals surface area contributed by atoms with Gasteiger partial charge >= 0.3 is 5.97 Å². The maximum absolute atomic E-state index is 11.3. The van der Waals surface area contributed by atoms with Crippen LogP contribution in [0.15, 0.2) is 0 Å². The SMILES string of the molecule is CCC(O)C(C)(C)C(C)(C)CC(=O)OC. The number of hydrogen-bond donors (Lipinski definition) is 1. The number of carbonyl (C=O) groups is 1. The van der Waals surface area contributed by atoms with Gasteiger partial charge in [-0.25, -0.2) is 0 Å². The van der Waals surface area contributed by atoms with Gasteiger partial charge in [-0.05, 0) is 17.3 Å². The minimum atomic E-state index is -0.405. The first-order valence-corrected chi connectivity index (χ1v) is 5.44. The Morgan fingerprint density at radius 3 is 2.13 bits per heavy atom. The van der Waals surface area contributed by atoms with Gasteiger partial charge < -0.3 is 9.84 Å². The zero-order chi connectivity index (χ0) is 12.3. The number of methoxy groups -OCH3 is 1. The molecule has 0 aromatic carbocycles. The van der Waals surface area contributed by atoms with E-state index in [1.165, 1.54) is 7.11 Å². The Balaban J connectivity index is 4.76. The second-order valence-electron chi connectivity index (χ2n) is 5.28. The van der Waals surface area contributed by atoms with Crippen molar-refractivity contribution in [3.05, 3.63) is 0 Å². The first kappa shape index (κ1) is 14.4. The minimum absolute atomic E-state index is 0.226.